The molecule has 1 saturated carbocycles. The van der Waals surface area contributed by atoms with Gasteiger partial charge in [-0.15, -0.1) is 0 Å². The van der Waals surface area contributed by atoms with Crippen molar-refractivity contribution in [1.29, 1.82) is 0 Å². The van der Waals surface area contributed by atoms with Crippen LogP contribution in [0.25, 0.3) is 0 Å². The van der Waals surface area contributed by atoms with Crippen molar-refractivity contribution in [2.24, 2.45) is 5.92 Å². The van der Waals surface area contributed by atoms with E-state index in [0.29, 0.717) is 12.1 Å². The Bertz CT molecular complexity index is 576. The lowest BCUT2D eigenvalue weighted by Gasteiger charge is -2.15. The zero-order valence-corrected chi connectivity index (χ0v) is 13.5. The van der Waals surface area contributed by atoms with E-state index in [1.807, 2.05) is 13.2 Å². The van der Waals surface area contributed by atoms with Crippen molar-refractivity contribution in [3.8, 4) is 0 Å². The lowest BCUT2D eigenvalue weighted by molar-refractivity contribution is 0.491. The smallest absolute Gasteiger partial charge is 0.297 e. The number of rotatable bonds is 5. The minimum absolute atomic E-state index is 0.196. The second kappa shape index (κ2) is 6.85. The van der Waals surface area contributed by atoms with Crippen LogP contribution in [0.4, 0.5) is 0 Å². The fourth-order valence-corrected chi connectivity index (χ4v) is 3.93. The predicted octanol–water partition coefficient (Wildman–Crippen LogP) is 2.85. The number of nitrogens with zero attached hydrogens (tertiary/aromatic N) is 1. The maximum atomic E-state index is 12.6. The van der Waals surface area contributed by atoms with Gasteiger partial charge in [-0.05, 0) is 36.7 Å². The van der Waals surface area contributed by atoms with Crippen molar-refractivity contribution < 1.29 is 0 Å². The molecule has 1 aliphatic rings. The first-order valence-electron chi connectivity index (χ1n) is 7.06. The highest BCUT2D eigenvalue weighted by Crippen LogP contribution is 2.34. The Morgan fingerprint density at radius 1 is 1.40 bits per heavy atom. The second-order valence-electron chi connectivity index (χ2n) is 5.62. The molecule has 6 heteroatoms. The van der Waals surface area contributed by atoms with Crippen LogP contribution in [0.5, 0.6) is 0 Å². The van der Waals surface area contributed by atoms with Crippen LogP contribution in [0.3, 0.4) is 0 Å². The number of aromatic nitrogens is 2. The minimum atomic E-state index is -0.394. The van der Waals surface area contributed by atoms with Crippen LogP contribution < -0.4 is 11.2 Å². The molecule has 1 fully saturated rings. The molecule has 0 aliphatic heterocycles. The fourth-order valence-electron chi connectivity index (χ4n) is 2.94. The lowest BCUT2D eigenvalue weighted by atomic mass is 10.0. The van der Waals surface area contributed by atoms with E-state index in [-0.39, 0.29) is 22.5 Å². The molecule has 112 valence electrons. The lowest BCUT2D eigenvalue weighted by Crippen LogP contribution is -2.39. The maximum Gasteiger partial charge on any atom is 0.329 e. The summed E-state index contributed by atoms with van der Waals surface area (Å²) in [6, 6.07) is 0. The first kappa shape index (κ1) is 15.7. The predicted molar refractivity (Wildman–Crippen MR) is 85.1 cm³/mol. The Labute approximate surface area is 127 Å². The maximum absolute atomic E-state index is 12.6. The molecule has 0 saturated heterocycles. The molecule has 1 aliphatic carbocycles. The monoisotopic (exact) mass is 316 g/mol. The van der Waals surface area contributed by atoms with Gasteiger partial charge in [0.1, 0.15) is 5.15 Å². The summed E-state index contributed by atoms with van der Waals surface area (Å²) in [6.07, 6.45) is 6.25. The van der Waals surface area contributed by atoms with Crippen molar-refractivity contribution in [3.63, 3.8) is 0 Å². The summed E-state index contributed by atoms with van der Waals surface area (Å²) in [5, 5.41) is 0.237. The SMILES string of the molecule is CSCC(C)Cn1c(=O)[nH]c(Cl)c(C2CCCC2)c1=O. The van der Waals surface area contributed by atoms with Gasteiger partial charge in [0.2, 0.25) is 0 Å². The number of halogens is 1. The van der Waals surface area contributed by atoms with Crippen molar-refractivity contribution in [2.75, 3.05) is 12.0 Å². The van der Waals surface area contributed by atoms with Crippen molar-refractivity contribution in [3.05, 3.63) is 31.6 Å². The van der Waals surface area contributed by atoms with Gasteiger partial charge in [-0.25, -0.2) is 4.79 Å². The zero-order valence-electron chi connectivity index (χ0n) is 11.9. The molecular weight excluding hydrogens is 296 g/mol. The Kier molecular flexibility index (Phi) is 5.38. The standard InChI is InChI=1S/C14H21ClN2O2S/c1-9(8-20-2)7-17-13(18)11(10-5-3-4-6-10)12(15)16-14(17)19/h9-10H,3-8H2,1-2H3,(H,16,19). The molecular formula is C14H21ClN2O2S. The van der Waals surface area contributed by atoms with E-state index in [4.69, 9.17) is 11.6 Å². The molecule has 0 radical (unpaired) electrons. The van der Waals surface area contributed by atoms with Crippen LogP contribution in [0.1, 0.15) is 44.1 Å². The van der Waals surface area contributed by atoms with Gasteiger partial charge < -0.3 is 0 Å². The number of thioether (sulfide) groups is 1. The van der Waals surface area contributed by atoms with Gasteiger partial charge in [-0.2, -0.15) is 11.8 Å². The van der Waals surface area contributed by atoms with Crippen molar-refractivity contribution in [2.45, 2.75) is 45.1 Å². The van der Waals surface area contributed by atoms with Gasteiger partial charge in [0.15, 0.2) is 0 Å². The Morgan fingerprint density at radius 3 is 2.65 bits per heavy atom. The van der Waals surface area contributed by atoms with Crippen molar-refractivity contribution in [1.82, 2.24) is 9.55 Å². The fraction of sp³-hybridized carbons (Fsp3) is 0.714. The van der Waals surface area contributed by atoms with E-state index in [1.165, 1.54) is 4.57 Å². The summed E-state index contributed by atoms with van der Waals surface area (Å²) in [5.74, 6) is 1.41. The number of hydrogen-bond acceptors (Lipinski definition) is 3. The van der Waals surface area contributed by atoms with Gasteiger partial charge in [-0.1, -0.05) is 31.4 Å². The normalized spacial score (nSPS) is 17.6. The minimum Gasteiger partial charge on any atom is -0.297 e. The van der Waals surface area contributed by atoms with Gasteiger partial charge in [0.25, 0.3) is 5.56 Å². The molecule has 20 heavy (non-hydrogen) atoms. The summed E-state index contributed by atoms with van der Waals surface area (Å²) >= 11 is 7.83. The second-order valence-corrected chi connectivity index (χ2v) is 6.90. The molecule has 1 unspecified atom stereocenters. The Balaban J connectivity index is 2.39. The summed E-state index contributed by atoms with van der Waals surface area (Å²) in [4.78, 5) is 27.2. The molecule has 0 amide bonds. The summed E-state index contributed by atoms with van der Waals surface area (Å²) in [7, 11) is 0. The van der Waals surface area contributed by atoms with Crippen LogP contribution in [-0.2, 0) is 6.54 Å². The third-order valence-corrected chi connectivity index (χ3v) is 5.08. The van der Waals surface area contributed by atoms with Gasteiger partial charge in [0.05, 0.1) is 5.56 Å². The molecule has 1 N–H and O–H groups in total. The highest BCUT2D eigenvalue weighted by atomic mass is 35.5. The number of H-pyrrole nitrogens is 1. The largest absolute Gasteiger partial charge is 0.329 e. The Morgan fingerprint density at radius 2 is 2.05 bits per heavy atom. The van der Waals surface area contributed by atoms with Crippen LogP contribution in [-0.4, -0.2) is 21.6 Å². The summed E-state index contributed by atoms with van der Waals surface area (Å²) in [6.45, 7) is 2.50. The molecule has 0 bridgehead atoms. The van der Waals surface area contributed by atoms with E-state index >= 15 is 0 Å². The van der Waals surface area contributed by atoms with E-state index < -0.39 is 5.69 Å². The van der Waals surface area contributed by atoms with Gasteiger partial charge >= 0.3 is 5.69 Å². The highest BCUT2D eigenvalue weighted by Gasteiger charge is 2.25. The van der Waals surface area contributed by atoms with Gasteiger partial charge in [-0.3, -0.25) is 14.3 Å². The number of aromatic amines is 1. The first-order chi connectivity index (χ1) is 9.54. The first-order valence-corrected chi connectivity index (χ1v) is 8.83. The topological polar surface area (TPSA) is 54.9 Å². The average Bonchev–Trinajstić information content (AvgIpc) is 2.88. The van der Waals surface area contributed by atoms with E-state index in [2.05, 4.69) is 4.98 Å². The third kappa shape index (κ3) is 3.31. The van der Waals surface area contributed by atoms with Crippen LogP contribution in [0, 0.1) is 5.92 Å². The molecule has 2 rings (SSSR count). The van der Waals surface area contributed by atoms with E-state index in [0.717, 1.165) is 31.4 Å². The molecule has 1 aromatic heterocycles. The van der Waals surface area contributed by atoms with Crippen LogP contribution >= 0.6 is 23.4 Å². The highest BCUT2D eigenvalue weighted by molar-refractivity contribution is 7.98. The van der Waals surface area contributed by atoms with Crippen molar-refractivity contribution >= 4 is 23.4 Å². The molecule has 4 nitrogen and oxygen atoms in total. The quantitative estimate of drug-likeness (QED) is 0.850. The van der Waals surface area contributed by atoms with E-state index in [9.17, 15) is 9.59 Å². The third-order valence-electron chi connectivity index (χ3n) is 3.88. The average molecular weight is 317 g/mol. The molecule has 0 spiro atoms. The zero-order chi connectivity index (χ0) is 14.7. The van der Waals surface area contributed by atoms with Crippen LogP contribution in [0.15, 0.2) is 9.59 Å². The number of hydrogen-bond donors (Lipinski definition) is 1. The number of nitrogens with one attached hydrogen (secondary N) is 1. The molecule has 1 heterocycles. The van der Waals surface area contributed by atoms with Gasteiger partial charge in [0, 0.05) is 6.54 Å². The Hall–Kier alpha value is -0.680. The molecule has 1 aromatic rings. The summed E-state index contributed by atoms with van der Waals surface area (Å²) < 4.78 is 1.32. The molecule has 0 aromatic carbocycles. The molecule has 1 atom stereocenters. The van der Waals surface area contributed by atoms with E-state index in [1.54, 1.807) is 11.8 Å². The van der Waals surface area contributed by atoms with Crippen LogP contribution in [0.2, 0.25) is 5.15 Å². The summed E-state index contributed by atoms with van der Waals surface area (Å²) in [5.41, 5.74) is 0.0217.